The molecule has 1 N–H and O–H groups in total. The van der Waals surface area contributed by atoms with Crippen molar-refractivity contribution in [3.8, 4) is 0 Å². The molecule has 5 heteroatoms. The van der Waals surface area contributed by atoms with E-state index >= 15 is 0 Å². The van der Waals surface area contributed by atoms with Crippen molar-refractivity contribution in [3.05, 3.63) is 65.7 Å². The van der Waals surface area contributed by atoms with Crippen molar-refractivity contribution in [1.82, 2.24) is 9.55 Å². The highest BCUT2D eigenvalue weighted by Gasteiger charge is 2.14. The van der Waals surface area contributed by atoms with Gasteiger partial charge in [-0.15, -0.1) is 0 Å². The van der Waals surface area contributed by atoms with E-state index in [1.165, 1.54) is 12.1 Å². The third-order valence-corrected chi connectivity index (χ3v) is 3.28. The Morgan fingerprint density at radius 2 is 1.95 bits per heavy atom. The normalized spacial score (nSPS) is 10.9. The molecule has 0 amide bonds. The van der Waals surface area contributed by atoms with Crippen LogP contribution in [0.25, 0.3) is 11.0 Å². The average Bonchev–Trinajstić information content (AvgIpc) is 2.76. The van der Waals surface area contributed by atoms with E-state index in [1.807, 2.05) is 34.9 Å². The van der Waals surface area contributed by atoms with Gasteiger partial charge in [-0.1, -0.05) is 30.3 Å². The largest absolute Gasteiger partial charge is 0.481 e. The minimum absolute atomic E-state index is 0.191. The number of aromatic nitrogens is 2. The van der Waals surface area contributed by atoms with Crippen LogP contribution in [0.5, 0.6) is 0 Å². The number of halogens is 1. The summed E-state index contributed by atoms with van der Waals surface area (Å²) in [5.41, 5.74) is 2.24. The number of rotatable bonds is 4. The van der Waals surface area contributed by atoms with E-state index in [1.54, 1.807) is 6.07 Å². The van der Waals surface area contributed by atoms with Crippen LogP contribution in [0.2, 0.25) is 0 Å². The Balaban J connectivity index is 2.10. The first-order chi connectivity index (χ1) is 10.1. The maximum atomic E-state index is 13.3. The summed E-state index contributed by atoms with van der Waals surface area (Å²) in [6, 6.07) is 14.0. The van der Waals surface area contributed by atoms with E-state index in [0.717, 1.165) is 11.1 Å². The molecule has 3 aromatic rings. The second-order valence-electron chi connectivity index (χ2n) is 4.80. The molecule has 0 radical (unpaired) electrons. The molecule has 1 aromatic heterocycles. The van der Waals surface area contributed by atoms with Crippen molar-refractivity contribution >= 4 is 17.0 Å². The van der Waals surface area contributed by atoms with Crippen LogP contribution in [0, 0.1) is 5.82 Å². The molecule has 0 spiro atoms. The number of carboxylic acids is 1. The van der Waals surface area contributed by atoms with Gasteiger partial charge < -0.3 is 9.67 Å². The second-order valence-corrected chi connectivity index (χ2v) is 4.80. The number of hydrogen-bond donors (Lipinski definition) is 1. The molecule has 1 heterocycles. The summed E-state index contributed by atoms with van der Waals surface area (Å²) >= 11 is 0. The third-order valence-electron chi connectivity index (χ3n) is 3.28. The molecule has 21 heavy (non-hydrogen) atoms. The summed E-state index contributed by atoms with van der Waals surface area (Å²) in [5.74, 6) is -0.916. The van der Waals surface area contributed by atoms with Gasteiger partial charge in [0.15, 0.2) is 0 Å². The van der Waals surface area contributed by atoms with Crippen molar-refractivity contribution in [3.63, 3.8) is 0 Å². The van der Waals surface area contributed by atoms with Crippen LogP contribution in [0.1, 0.15) is 11.4 Å². The molecule has 2 aromatic carbocycles. The van der Waals surface area contributed by atoms with Crippen LogP contribution in [0.3, 0.4) is 0 Å². The van der Waals surface area contributed by atoms with Gasteiger partial charge in [0.05, 0.1) is 11.0 Å². The highest BCUT2D eigenvalue weighted by Crippen LogP contribution is 2.19. The van der Waals surface area contributed by atoms with Gasteiger partial charge in [-0.25, -0.2) is 9.37 Å². The maximum absolute atomic E-state index is 13.3. The van der Waals surface area contributed by atoms with Gasteiger partial charge in [0.25, 0.3) is 0 Å². The maximum Gasteiger partial charge on any atom is 0.311 e. The topological polar surface area (TPSA) is 55.1 Å². The molecular formula is C16H13FN2O2. The van der Waals surface area contributed by atoms with Gasteiger partial charge in [0, 0.05) is 12.6 Å². The molecule has 4 nitrogen and oxygen atoms in total. The highest BCUT2D eigenvalue weighted by molar-refractivity contribution is 5.78. The number of imidazole rings is 1. The molecule has 106 valence electrons. The van der Waals surface area contributed by atoms with Gasteiger partial charge in [-0.2, -0.15) is 0 Å². The van der Waals surface area contributed by atoms with E-state index in [2.05, 4.69) is 4.98 Å². The van der Waals surface area contributed by atoms with Gasteiger partial charge in [0.1, 0.15) is 18.1 Å². The number of fused-ring (bicyclic) bond motifs is 1. The monoisotopic (exact) mass is 284 g/mol. The predicted molar refractivity (Wildman–Crippen MR) is 76.6 cm³/mol. The average molecular weight is 284 g/mol. The molecule has 0 aliphatic heterocycles. The van der Waals surface area contributed by atoms with Crippen LogP contribution < -0.4 is 0 Å². The molecule has 0 bridgehead atoms. The van der Waals surface area contributed by atoms with Crippen LogP contribution in [0.15, 0.2) is 48.5 Å². The summed E-state index contributed by atoms with van der Waals surface area (Å²) in [6.07, 6.45) is -0.191. The third kappa shape index (κ3) is 2.76. The van der Waals surface area contributed by atoms with Crippen molar-refractivity contribution in [2.45, 2.75) is 13.0 Å². The Labute approximate surface area is 120 Å². The Kier molecular flexibility index (Phi) is 3.39. The number of benzene rings is 2. The van der Waals surface area contributed by atoms with Crippen LogP contribution >= 0.6 is 0 Å². The fraction of sp³-hybridized carbons (Fsp3) is 0.125. The van der Waals surface area contributed by atoms with Gasteiger partial charge >= 0.3 is 5.97 Å². The number of carbonyl (C=O) groups is 1. The number of nitrogens with zero attached hydrogens (tertiary/aromatic N) is 2. The van der Waals surface area contributed by atoms with Crippen LogP contribution in [0.4, 0.5) is 4.39 Å². The lowest BCUT2D eigenvalue weighted by atomic mass is 10.2. The molecule has 3 rings (SSSR count). The number of hydrogen-bond acceptors (Lipinski definition) is 2. The Morgan fingerprint density at radius 3 is 2.67 bits per heavy atom. The van der Waals surface area contributed by atoms with E-state index in [0.29, 0.717) is 17.9 Å². The standard InChI is InChI=1S/C16H13FN2O2/c17-12-6-7-14-13(8-12)18-15(9-16(20)21)19(14)10-11-4-2-1-3-5-11/h1-8H,9-10H2,(H,20,21). The molecule has 0 aliphatic rings. The number of aliphatic carboxylic acids is 1. The minimum Gasteiger partial charge on any atom is -0.481 e. The molecule has 0 aliphatic carbocycles. The lowest BCUT2D eigenvalue weighted by molar-refractivity contribution is -0.136. The zero-order valence-electron chi connectivity index (χ0n) is 11.2. The smallest absolute Gasteiger partial charge is 0.311 e. The van der Waals surface area contributed by atoms with E-state index < -0.39 is 5.97 Å². The first kappa shape index (κ1) is 13.3. The Morgan fingerprint density at radius 1 is 1.19 bits per heavy atom. The molecule has 0 atom stereocenters. The summed E-state index contributed by atoms with van der Waals surface area (Å²) < 4.78 is 15.1. The van der Waals surface area contributed by atoms with Crippen molar-refractivity contribution in [2.24, 2.45) is 0 Å². The predicted octanol–water partition coefficient (Wildman–Crippen LogP) is 2.85. The lowest BCUT2D eigenvalue weighted by Crippen LogP contribution is -2.10. The molecule has 0 saturated heterocycles. The van der Waals surface area contributed by atoms with Crippen LogP contribution in [-0.2, 0) is 17.8 Å². The van der Waals surface area contributed by atoms with Gasteiger partial charge in [-0.05, 0) is 17.7 Å². The lowest BCUT2D eigenvalue weighted by Gasteiger charge is -2.08. The van der Waals surface area contributed by atoms with E-state index in [9.17, 15) is 9.18 Å². The zero-order valence-corrected chi connectivity index (χ0v) is 11.2. The minimum atomic E-state index is -0.958. The highest BCUT2D eigenvalue weighted by atomic mass is 19.1. The Bertz CT molecular complexity index is 797. The quantitative estimate of drug-likeness (QED) is 0.801. The molecule has 0 fully saturated rings. The van der Waals surface area contributed by atoms with Crippen molar-refractivity contribution < 1.29 is 14.3 Å². The second kappa shape index (κ2) is 5.36. The SMILES string of the molecule is O=C(O)Cc1nc2cc(F)ccc2n1Cc1ccccc1. The summed E-state index contributed by atoms with van der Waals surface area (Å²) in [6.45, 7) is 0.506. The summed E-state index contributed by atoms with van der Waals surface area (Å²) in [5, 5.41) is 9.01. The molecule has 0 unspecified atom stereocenters. The van der Waals surface area contributed by atoms with Gasteiger partial charge in [-0.3, -0.25) is 4.79 Å². The summed E-state index contributed by atoms with van der Waals surface area (Å²) in [4.78, 5) is 15.2. The first-order valence-electron chi connectivity index (χ1n) is 6.54. The van der Waals surface area contributed by atoms with Crippen molar-refractivity contribution in [2.75, 3.05) is 0 Å². The van der Waals surface area contributed by atoms with E-state index in [-0.39, 0.29) is 12.2 Å². The van der Waals surface area contributed by atoms with Gasteiger partial charge in [0.2, 0.25) is 0 Å². The number of carboxylic acid groups (broad SMARTS) is 1. The van der Waals surface area contributed by atoms with E-state index in [4.69, 9.17) is 5.11 Å². The fourth-order valence-electron chi connectivity index (χ4n) is 2.37. The first-order valence-corrected chi connectivity index (χ1v) is 6.54. The molecule has 0 saturated carbocycles. The zero-order chi connectivity index (χ0) is 14.8. The van der Waals surface area contributed by atoms with Crippen molar-refractivity contribution in [1.29, 1.82) is 0 Å². The molecular weight excluding hydrogens is 271 g/mol. The fourth-order valence-corrected chi connectivity index (χ4v) is 2.37. The Hall–Kier alpha value is -2.69. The summed E-state index contributed by atoms with van der Waals surface area (Å²) in [7, 11) is 0. The van der Waals surface area contributed by atoms with Crippen LogP contribution in [-0.4, -0.2) is 20.6 Å².